The number of carbonyl (C=O) groups excluding carboxylic acids is 1. The zero-order valence-corrected chi connectivity index (χ0v) is 17.8. The molecule has 5 rings (SSSR count). The van der Waals surface area contributed by atoms with Gasteiger partial charge in [-0.15, -0.1) is 0 Å². The fraction of sp³-hybridized carbons (Fsp3) is 0.0435. The second kappa shape index (κ2) is 8.37. The van der Waals surface area contributed by atoms with Crippen LogP contribution in [-0.2, 0) is 4.79 Å². The number of hydrogen-bond donors (Lipinski definition) is 1. The van der Waals surface area contributed by atoms with Crippen molar-refractivity contribution in [3.8, 4) is 5.69 Å². The highest BCUT2D eigenvalue weighted by atomic mass is 35.5. The van der Waals surface area contributed by atoms with E-state index in [-0.39, 0.29) is 11.7 Å². The standard InChI is InChI=1S/C23H16ClN5OS/c24-16-8-10-17(11-9-16)29-22-19(12-27-29)23(26-14-25-22)31-13-21(30)28-20-7-3-5-15-4-1-2-6-18(15)20/h1-12,14H,13H2,(H,28,30). The van der Waals surface area contributed by atoms with Gasteiger partial charge in [-0.1, -0.05) is 59.8 Å². The summed E-state index contributed by atoms with van der Waals surface area (Å²) in [6.07, 6.45) is 3.20. The first-order chi connectivity index (χ1) is 15.2. The largest absolute Gasteiger partial charge is 0.325 e. The van der Waals surface area contributed by atoms with Crippen molar-refractivity contribution in [1.29, 1.82) is 0 Å². The van der Waals surface area contributed by atoms with Crippen molar-refractivity contribution >= 4 is 56.8 Å². The summed E-state index contributed by atoms with van der Waals surface area (Å²) in [6.45, 7) is 0. The van der Waals surface area contributed by atoms with Gasteiger partial charge in [0.25, 0.3) is 0 Å². The highest BCUT2D eigenvalue weighted by molar-refractivity contribution is 8.00. The van der Waals surface area contributed by atoms with Gasteiger partial charge in [-0.25, -0.2) is 14.6 Å². The van der Waals surface area contributed by atoms with Crippen LogP contribution >= 0.6 is 23.4 Å². The van der Waals surface area contributed by atoms with E-state index in [0.29, 0.717) is 15.7 Å². The van der Waals surface area contributed by atoms with Crippen molar-refractivity contribution in [2.75, 3.05) is 11.1 Å². The van der Waals surface area contributed by atoms with E-state index in [1.807, 2.05) is 54.6 Å². The molecule has 152 valence electrons. The molecule has 5 aromatic rings. The lowest BCUT2D eigenvalue weighted by atomic mass is 10.1. The van der Waals surface area contributed by atoms with Gasteiger partial charge in [-0.2, -0.15) is 5.10 Å². The Balaban J connectivity index is 1.35. The van der Waals surface area contributed by atoms with E-state index >= 15 is 0 Å². The lowest BCUT2D eigenvalue weighted by Crippen LogP contribution is -2.14. The van der Waals surface area contributed by atoms with Crippen molar-refractivity contribution in [3.63, 3.8) is 0 Å². The monoisotopic (exact) mass is 445 g/mol. The number of hydrogen-bond acceptors (Lipinski definition) is 5. The molecule has 31 heavy (non-hydrogen) atoms. The number of aromatic nitrogens is 4. The third-order valence-corrected chi connectivity index (χ3v) is 6.06. The molecule has 3 aromatic carbocycles. The Hall–Kier alpha value is -3.42. The van der Waals surface area contributed by atoms with Crippen LogP contribution in [0.5, 0.6) is 0 Å². The molecule has 1 amide bonds. The predicted molar refractivity (Wildman–Crippen MR) is 125 cm³/mol. The fourth-order valence-corrected chi connectivity index (χ4v) is 4.25. The van der Waals surface area contributed by atoms with Crippen LogP contribution in [0.15, 0.2) is 84.3 Å². The van der Waals surface area contributed by atoms with Gasteiger partial charge in [-0.05, 0) is 35.7 Å². The maximum absolute atomic E-state index is 12.6. The van der Waals surface area contributed by atoms with Crippen molar-refractivity contribution in [1.82, 2.24) is 19.7 Å². The van der Waals surface area contributed by atoms with E-state index in [4.69, 9.17) is 11.6 Å². The number of halogens is 1. The summed E-state index contributed by atoms with van der Waals surface area (Å²) in [4.78, 5) is 21.3. The highest BCUT2D eigenvalue weighted by Gasteiger charge is 2.13. The number of fused-ring (bicyclic) bond motifs is 2. The van der Waals surface area contributed by atoms with Crippen molar-refractivity contribution in [2.24, 2.45) is 0 Å². The molecule has 0 aliphatic carbocycles. The maximum atomic E-state index is 12.6. The Morgan fingerprint density at radius 1 is 0.968 bits per heavy atom. The summed E-state index contributed by atoms with van der Waals surface area (Å²) >= 11 is 7.34. The fourth-order valence-electron chi connectivity index (χ4n) is 3.36. The second-order valence-corrected chi connectivity index (χ2v) is 8.21. The minimum Gasteiger partial charge on any atom is -0.325 e. The van der Waals surface area contributed by atoms with E-state index in [1.165, 1.54) is 18.1 Å². The Morgan fingerprint density at radius 3 is 2.65 bits per heavy atom. The van der Waals surface area contributed by atoms with E-state index in [9.17, 15) is 4.79 Å². The molecule has 0 unspecified atom stereocenters. The maximum Gasteiger partial charge on any atom is 0.234 e. The van der Waals surface area contributed by atoms with Crippen LogP contribution in [0.1, 0.15) is 0 Å². The van der Waals surface area contributed by atoms with Crippen LogP contribution in [0.25, 0.3) is 27.5 Å². The number of anilines is 1. The molecule has 0 bridgehead atoms. The highest BCUT2D eigenvalue weighted by Crippen LogP contribution is 2.27. The van der Waals surface area contributed by atoms with Crippen LogP contribution in [0, 0.1) is 0 Å². The van der Waals surface area contributed by atoms with Crippen LogP contribution in [0.4, 0.5) is 5.69 Å². The Labute approximate surface area is 187 Å². The number of thioether (sulfide) groups is 1. The third kappa shape index (κ3) is 3.97. The molecule has 0 fully saturated rings. The summed E-state index contributed by atoms with van der Waals surface area (Å²) in [7, 11) is 0. The summed E-state index contributed by atoms with van der Waals surface area (Å²) in [5, 5.41) is 11.7. The van der Waals surface area contributed by atoms with Crippen molar-refractivity contribution in [2.45, 2.75) is 5.03 Å². The summed E-state index contributed by atoms with van der Waals surface area (Å²) < 4.78 is 1.73. The van der Waals surface area contributed by atoms with Gasteiger partial charge >= 0.3 is 0 Å². The number of carbonyl (C=O) groups is 1. The normalized spacial score (nSPS) is 11.1. The molecular weight excluding hydrogens is 430 g/mol. The first kappa shape index (κ1) is 19.5. The van der Waals surface area contributed by atoms with Crippen LogP contribution in [0.2, 0.25) is 5.02 Å². The molecule has 0 spiro atoms. The summed E-state index contributed by atoms with van der Waals surface area (Å²) in [5.41, 5.74) is 2.32. The molecule has 0 saturated heterocycles. The van der Waals surface area contributed by atoms with Crippen molar-refractivity contribution in [3.05, 3.63) is 84.3 Å². The predicted octanol–water partition coefficient (Wildman–Crippen LogP) is 5.35. The van der Waals surface area contributed by atoms with Gasteiger partial charge in [0.15, 0.2) is 5.65 Å². The topological polar surface area (TPSA) is 72.7 Å². The first-order valence-corrected chi connectivity index (χ1v) is 10.9. The van der Waals surface area contributed by atoms with Gasteiger partial charge in [0.1, 0.15) is 11.4 Å². The lowest BCUT2D eigenvalue weighted by molar-refractivity contribution is -0.113. The molecular formula is C23H16ClN5OS. The molecule has 0 aliphatic rings. The third-order valence-electron chi connectivity index (χ3n) is 4.80. The van der Waals surface area contributed by atoms with Crippen LogP contribution in [0.3, 0.4) is 0 Å². The number of amides is 1. The molecule has 0 aliphatic heterocycles. The van der Waals surface area contributed by atoms with E-state index in [1.54, 1.807) is 23.0 Å². The number of nitrogens with zero attached hydrogens (tertiary/aromatic N) is 4. The molecule has 8 heteroatoms. The molecule has 2 aromatic heterocycles. The molecule has 0 radical (unpaired) electrons. The van der Waals surface area contributed by atoms with Gasteiger partial charge < -0.3 is 5.32 Å². The Kier molecular flexibility index (Phi) is 5.28. The number of nitrogens with one attached hydrogen (secondary N) is 1. The van der Waals surface area contributed by atoms with Gasteiger partial charge in [-0.3, -0.25) is 4.79 Å². The SMILES string of the molecule is O=C(CSc1ncnc2c1cnn2-c1ccc(Cl)cc1)Nc1cccc2ccccc12. The van der Waals surface area contributed by atoms with E-state index in [2.05, 4.69) is 20.4 Å². The molecule has 0 atom stereocenters. The van der Waals surface area contributed by atoms with Gasteiger partial charge in [0, 0.05) is 16.1 Å². The molecule has 0 saturated carbocycles. The zero-order chi connectivity index (χ0) is 21.2. The van der Waals surface area contributed by atoms with Gasteiger partial charge in [0.2, 0.25) is 5.91 Å². The Morgan fingerprint density at radius 2 is 1.77 bits per heavy atom. The molecule has 6 nitrogen and oxygen atoms in total. The van der Waals surface area contributed by atoms with Crippen LogP contribution < -0.4 is 5.32 Å². The first-order valence-electron chi connectivity index (χ1n) is 9.54. The molecule has 2 heterocycles. The number of rotatable bonds is 5. The average molecular weight is 446 g/mol. The lowest BCUT2D eigenvalue weighted by Gasteiger charge is -2.09. The van der Waals surface area contributed by atoms with Crippen molar-refractivity contribution < 1.29 is 4.79 Å². The quantitative estimate of drug-likeness (QED) is 0.291. The van der Waals surface area contributed by atoms with Gasteiger partial charge in [0.05, 0.1) is 23.0 Å². The minimum absolute atomic E-state index is 0.0989. The second-order valence-electron chi connectivity index (χ2n) is 6.81. The molecule has 1 N–H and O–H groups in total. The average Bonchev–Trinajstić information content (AvgIpc) is 3.23. The summed E-state index contributed by atoms with van der Waals surface area (Å²) in [5.74, 6) is 0.125. The smallest absolute Gasteiger partial charge is 0.234 e. The van der Waals surface area contributed by atoms with E-state index in [0.717, 1.165) is 27.5 Å². The summed E-state index contributed by atoms with van der Waals surface area (Å²) in [6, 6.07) is 21.2. The van der Waals surface area contributed by atoms with Crippen LogP contribution in [-0.4, -0.2) is 31.4 Å². The number of benzene rings is 3. The zero-order valence-electron chi connectivity index (χ0n) is 16.2. The Bertz CT molecular complexity index is 1400. The minimum atomic E-state index is -0.0989. The van der Waals surface area contributed by atoms with E-state index < -0.39 is 0 Å².